The molecule has 2 N–H and O–H groups in total. The van der Waals surface area contributed by atoms with Crippen LogP contribution < -0.4 is 0 Å². The Balaban J connectivity index is 1.79. The third-order valence-corrected chi connectivity index (χ3v) is 6.68. The first-order chi connectivity index (χ1) is 11.5. The summed E-state index contributed by atoms with van der Waals surface area (Å²) in [4.78, 5) is 12.1. The first-order valence-electron chi connectivity index (χ1n) is 9.34. The van der Waals surface area contributed by atoms with Gasteiger partial charge < -0.3 is 10.2 Å². The van der Waals surface area contributed by atoms with Gasteiger partial charge in [0.05, 0.1) is 6.10 Å². The summed E-state index contributed by atoms with van der Waals surface area (Å²) in [7, 11) is 0. The fraction of sp³-hybridized carbons (Fsp3) is 0.667. The quantitative estimate of drug-likeness (QED) is 0.826. The third-order valence-electron chi connectivity index (χ3n) is 6.68. The maximum Gasteiger partial charge on any atom is 0.161 e. The van der Waals surface area contributed by atoms with Gasteiger partial charge in [-0.1, -0.05) is 30.7 Å². The van der Waals surface area contributed by atoms with E-state index in [0.717, 1.165) is 44.9 Å². The van der Waals surface area contributed by atoms with E-state index < -0.39 is 0 Å². The highest BCUT2D eigenvalue weighted by Gasteiger charge is 2.50. The number of hydrogen-bond donors (Lipinski definition) is 2. The molecular formula is C21H30O3. The lowest BCUT2D eigenvalue weighted by atomic mass is 9.64. The van der Waals surface area contributed by atoms with E-state index in [9.17, 15) is 15.0 Å². The van der Waals surface area contributed by atoms with Gasteiger partial charge in [0.15, 0.2) is 5.78 Å². The molecular weight excluding hydrogens is 300 g/mol. The van der Waals surface area contributed by atoms with Gasteiger partial charge in [0.25, 0.3) is 0 Å². The second-order valence-corrected chi connectivity index (χ2v) is 8.09. The minimum atomic E-state index is -0.328. The number of fused-ring (bicyclic) bond motifs is 1. The third kappa shape index (κ3) is 3.16. The highest BCUT2D eigenvalue weighted by atomic mass is 16.3. The van der Waals surface area contributed by atoms with Crippen molar-refractivity contribution in [3.05, 3.63) is 34.9 Å². The number of carbonyl (C=O) groups is 1. The Bertz CT molecular complexity index is 598. The molecule has 0 heterocycles. The van der Waals surface area contributed by atoms with Gasteiger partial charge in [-0.15, -0.1) is 0 Å². The van der Waals surface area contributed by atoms with Crippen LogP contribution in [-0.2, 0) is 4.79 Å². The van der Waals surface area contributed by atoms with Crippen LogP contribution >= 0.6 is 0 Å². The summed E-state index contributed by atoms with van der Waals surface area (Å²) in [6.07, 6.45) is 13.1. The van der Waals surface area contributed by atoms with Gasteiger partial charge in [-0.25, -0.2) is 0 Å². The molecule has 0 aromatic carbocycles. The van der Waals surface area contributed by atoms with E-state index in [1.807, 2.05) is 0 Å². The molecule has 3 heteroatoms. The van der Waals surface area contributed by atoms with Crippen molar-refractivity contribution in [3.63, 3.8) is 0 Å². The predicted molar refractivity (Wildman–Crippen MR) is 95.4 cm³/mol. The zero-order valence-electron chi connectivity index (χ0n) is 14.9. The number of aliphatic hydroxyl groups excluding tert-OH is 2. The van der Waals surface area contributed by atoms with Gasteiger partial charge in [0, 0.05) is 5.92 Å². The van der Waals surface area contributed by atoms with Crippen LogP contribution in [0.25, 0.3) is 0 Å². The molecule has 0 amide bonds. The molecule has 0 aromatic heterocycles. The van der Waals surface area contributed by atoms with E-state index in [1.165, 1.54) is 16.7 Å². The molecule has 1 fully saturated rings. The lowest BCUT2D eigenvalue weighted by Gasteiger charge is -2.39. The molecule has 0 aliphatic heterocycles. The van der Waals surface area contributed by atoms with Gasteiger partial charge in [-0.3, -0.25) is 4.79 Å². The number of aliphatic hydroxyl groups is 2. The molecule has 132 valence electrons. The van der Waals surface area contributed by atoms with E-state index in [4.69, 9.17) is 0 Å². The van der Waals surface area contributed by atoms with Gasteiger partial charge in [0.2, 0.25) is 0 Å². The maximum atomic E-state index is 12.1. The Morgan fingerprint density at radius 2 is 2.12 bits per heavy atom. The van der Waals surface area contributed by atoms with Crippen LogP contribution in [0.2, 0.25) is 0 Å². The first-order valence-corrected chi connectivity index (χ1v) is 9.34. The zero-order valence-corrected chi connectivity index (χ0v) is 14.9. The van der Waals surface area contributed by atoms with E-state index in [0.29, 0.717) is 5.92 Å². The Labute approximate surface area is 145 Å². The van der Waals surface area contributed by atoms with Crippen molar-refractivity contribution >= 4 is 5.78 Å². The Hall–Kier alpha value is -1.19. The Kier molecular flexibility index (Phi) is 5.12. The fourth-order valence-electron chi connectivity index (χ4n) is 5.13. The SMILES string of the molecule is CC1=C(/C=C/C2=CCC[C@]3(C)[C@@H](C(=O)CO)CC[C@@H]23)C[C@H](O)CC1. The summed E-state index contributed by atoms with van der Waals surface area (Å²) in [5.74, 6) is 0.429. The van der Waals surface area contributed by atoms with Gasteiger partial charge in [0.1, 0.15) is 6.61 Å². The van der Waals surface area contributed by atoms with Crippen LogP contribution in [0.3, 0.4) is 0 Å². The summed E-state index contributed by atoms with van der Waals surface area (Å²) in [6.45, 7) is 4.07. The number of rotatable bonds is 4. The molecule has 0 spiro atoms. The molecule has 0 bridgehead atoms. The molecule has 0 aromatic rings. The minimum absolute atomic E-state index is 0.00190. The Morgan fingerprint density at radius 3 is 2.88 bits per heavy atom. The summed E-state index contributed by atoms with van der Waals surface area (Å²) in [6, 6.07) is 0. The fourth-order valence-corrected chi connectivity index (χ4v) is 5.13. The molecule has 1 saturated carbocycles. The normalized spacial score (nSPS) is 36.8. The largest absolute Gasteiger partial charge is 0.393 e. The number of allylic oxidation sites excluding steroid dienone is 5. The van der Waals surface area contributed by atoms with Crippen molar-refractivity contribution in [2.24, 2.45) is 17.3 Å². The number of hydrogen-bond acceptors (Lipinski definition) is 3. The highest BCUT2D eigenvalue weighted by molar-refractivity contribution is 5.83. The molecule has 0 saturated heterocycles. The average Bonchev–Trinajstić information content (AvgIpc) is 2.92. The van der Waals surface area contributed by atoms with Crippen LogP contribution in [0.15, 0.2) is 34.9 Å². The van der Waals surface area contributed by atoms with Crippen LogP contribution in [0.1, 0.15) is 58.8 Å². The summed E-state index contributed by atoms with van der Waals surface area (Å²) < 4.78 is 0. The van der Waals surface area contributed by atoms with E-state index in [2.05, 4.69) is 32.1 Å². The topological polar surface area (TPSA) is 57.5 Å². The lowest BCUT2D eigenvalue weighted by Crippen LogP contribution is -2.36. The number of Topliss-reactive ketones (excluding diaryl/α,β-unsaturated/α-hetero) is 1. The minimum Gasteiger partial charge on any atom is -0.393 e. The molecule has 3 nitrogen and oxygen atoms in total. The second kappa shape index (κ2) is 6.97. The molecule has 0 radical (unpaired) electrons. The monoisotopic (exact) mass is 330 g/mol. The molecule has 3 aliphatic carbocycles. The van der Waals surface area contributed by atoms with E-state index >= 15 is 0 Å². The van der Waals surface area contributed by atoms with Crippen molar-refractivity contribution in [3.8, 4) is 0 Å². The van der Waals surface area contributed by atoms with Gasteiger partial charge >= 0.3 is 0 Å². The van der Waals surface area contributed by atoms with Crippen LogP contribution in [0, 0.1) is 17.3 Å². The van der Waals surface area contributed by atoms with Crippen LogP contribution in [0.4, 0.5) is 0 Å². The second-order valence-electron chi connectivity index (χ2n) is 8.09. The van der Waals surface area contributed by atoms with E-state index in [1.54, 1.807) is 0 Å². The number of ketones is 1. The van der Waals surface area contributed by atoms with Crippen molar-refractivity contribution in [1.29, 1.82) is 0 Å². The average molecular weight is 330 g/mol. The van der Waals surface area contributed by atoms with Crippen molar-refractivity contribution in [2.45, 2.75) is 64.9 Å². The Morgan fingerprint density at radius 1 is 1.33 bits per heavy atom. The number of carbonyl (C=O) groups excluding carboxylic acids is 1. The predicted octanol–water partition coefficient (Wildman–Crippen LogP) is 3.72. The van der Waals surface area contributed by atoms with Crippen LogP contribution in [-0.4, -0.2) is 28.7 Å². The lowest BCUT2D eigenvalue weighted by molar-refractivity contribution is -0.129. The standard InChI is InChI=1S/C21H30O3/c1-14-5-8-17(23)12-16(14)7-6-15-4-3-11-21(2)18(15)9-10-19(21)20(24)13-22/h4,6-7,17-19,22-23H,3,5,8-13H2,1-2H3/b7-6+/t17-,18+,19-,21+/m1/s1. The van der Waals surface area contributed by atoms with Gasteiger partial charge in [-0.05, 0) is 74.3 Å². The first kappa shape index (κ1) is 17.6. The molecule has 3 rings (SSSR count). The molecule has 24 heavy (non-hydrogen) atoms. The van der Waals surface area contributed by atoms with Crippen molar-refractivity contribution < 1.29 is 15.0 Å². The molecule has 4 atom stereocenters. The molecule has 3 aliphatic rings. The van der Waals surface area contributed by atoms with Crippen LogP contribution in [0.5, 0.6) is 0 Å². The maximum absolute atomic E-state index is 12.1. The summed E-state index contributed by atoms with van der Waals surface area (Å²) in [5, 5.41) is 19.2. The summed E-state index contributed by atoms with van der Waals surface area (Å²) >= 11 is 0. The van der Waals surface area contributed by atoms with Crippen molar-refractivity contribution in [1.82, 2.24) is 0 Å². The van der Waals surface area contributed by atoms with Gasteiger partial charge in [-0.2, -0.15) is 0 Å². The smallest absolute Gasteiger partial charge is 0.161 e. The van der Waals surface area contributed by atoms with E-state index in [-0.39, 0.29) is 29.8 Å². The van der Waals surface area contributed by atoms with Crippen molar-refractivity contribution in [2.75, 3.05) is 6.61 Å². The zero-order chi connectivity index (χ0) is 17.3. The molecule has 0 unspecified atom stereocenters. The highest BCUT2D eigenvalue weighted by Crippen LogP contribution is 2.56. The summed E-state index contributed by atoms with van der Waals surface area (Å²) in [5.41, 5.74) is 3.99.